The molecular weight excluding hydrogens is 1150 g/mol. The molecule has 22 nitrogen and oxygen atoms in total. The van der Waals surface area contributed by atoms with Crippen molar-refractivity contribution in [1.82, 2.24) is 38.8 Å². The first-order chi connectivity index (χ1) is 43.2. The molecule has 1 unspecified atom stereocenters. The molecular formula is C66H74N11O11P. The molecule has 5 aromatic carbocycles. The van der Waals surface area contributed by atoms with Crippen LogP contribution in [0.25, 0.3) is 11.2 Å². The van der Waals surface area contributed by atoms with E-state index in [9.17, 15) is 19.6 Å². The van der Waals surface area contributed by atoms with E-state index in [4.69, 9.17) is 37.6 Å². The molecule has 5 heterocycles. The molecule has 2 amide bonds. The van der Waals surface area contributed by atoms with Crippen LogP contribution in [0.5, 0.6) is 11.5 Å². The van der Waals surface area contributed by atoms with E-state index >= 15 is 0 Å². The summed E-state index contributed by atoms with van der Waals surface area (Å²) in [6.07, 6.45) is 2.05. The summed E-state index contributed by atoms with van der Waals surface area (Å²) in [7, 11) is 3.36. The molecule has 2 fully saturated rings. The van der Waals surface area contributed by atoms with Gasteiger partial charge in [-0.3, -0.25) is 23.6 Å². The van der Waals surface area contributed by atoms with Gasteiger partial charge in [0.15, 0.2) is 17.0 Å². The van der Waals surface area contributed by atoms with Crippen LogP contribution in [-0.4, -0.2) is 129 Å². The predicted octanol–water partition coefficient (Wildman–Crippen LogP) is 10.6. The largest absolute Gasteiger partial charge is 0.497 e. The van der Waals surface area contributed by atoms with Crippen LogP contribution in [0.3, 0.4) is 0 Å². The summed E-state index contributed by atoms with van der Waals surface area (Å²) in [5.41, 5.74) is 2.93. The number of aryl methyl sites for hydroxylation is 1. The van der Waals surface area contributed by atoms with Crippen molar-refractivity contribution >= 4 is 43.1 Å². The maximum atomic E-state index is 14.2. The maximum Gasteiger partial charge on any atom is 0.351 e. The molecule has 7 atom stereocenters. The van der Waals surface area contributed by atoms with Gasteiger partial charge in [-0.25, -0.2) is 24.4 Å². The van der Waals surface area contributed by atoms with Gasteiger partial charge in [-0.15, -0.1) is 0 Å². The van der Waals surface area contributed by atoms with Crippen LogP contribution in [0.15, 0.2) is 163 Å². The van der Waals surface area contributed by atoms with Crippen molar-refractivity contribution in [2.45, 2.75) is 102 Å². The highest BCUT2D eigenvalue weighted by Gasteiger charge is 2.45. The van der Waals surface area contributed by atoms with Gasteiger partial charge in [0.25, 0.3) is 20.3 Å². The zero-order valence-corrected chi connectivity index (χ0v) is 51.9. The Kier molecular flexibility index (Phi) is 21.0. The second kappa shape index (κ2) is 29.3. The lowest BCUT2D eigenvalue weighted by atomic mass is 9.80. The fraction of sp³-hybridized carbons (Fsp3) is 0.364. The third-order valence-electron chi connectivity index (χ3n) is 15.7. The summed E-state index contributed by atoms with van der Waals surface area (Å²) in [4.78, 5) is 65.6. The van der Waals surface area contributed by atoms with Crippen molar-refractivity contribution in [1.29, 1.82) is 5.26 Å². The third-order valence-corrected chi connectivity index (χ3v) is 17.8. The monoisotopic (exact) mass is 1230 g/mol. The van der Waals surface area contributed by atoms with Gasteiger partial charge in [0.05, 0.1) is 65.1 Å². The Hall–Kier alpha value is -8.33. The van der Waals surface area contributed by atoms with E-state index in [1.807, 2.05) is 98.0 Å². The van der Waals surface area contributed by atoms with Crippen LogP contribution in [-0.2, 0) is 33.7 Å². The number of rotatable bonds is 27. The van der Waals surface area contributed by atoms with Crippen molar-refractivity contribution in [3.05, 3.63) is 202 Å². The predicted molar refractivity (Wildman–Crippen MR) is 335 cm³/mol. The van der Waals surface area contributed by atoms with E-state index in [0.717, 1.165) is 16.7 Å². The van der Waals surface area contributed by atoms with Gasteiger partial charge in [-0.1, -0.05) is 91.0 Å². The lowest BCUT2D eigenvalue weighted by molar-refractivity contribution is -0.186. The summed E-state index contributed by atoms with van der Waals surface area (Å²) in [5.74, 6) is 0.651. The van der Waals surface area contributed by atoms with Crippen LogP contribution < -0.4 is 25.8 Å². The Balaban J connectivity index is 0.954. The standard InChI is InChI=1S/C66H74N11O11P/c1-43(2)77(44(3)4)89(85-34-18-33-67)88-54-36-58(76-42-70-59-61(68-41-69-62(59)76)72-64(79)47-21-14-10-15-22-47)87-56(54)40-84-74(6)38-48-35-57(75-37-45(5)60(73-65(75)80)71-63(78)46-19-12-9-13-20-46)86-55(48)39-83-66(49-23-16-11-17-24-49,50-25-29-52(81-7)30-26-50)51-27-31-53(82-8)32-28-51/h9-17,19-32,37,41-44,48,54-58H,18,34-36,38-40H2,1-8H3,(H,68,69,72,79)(H,71,73,78,80)/t48-,54+,55-,56-,57-,58-,89?/m1/s1. The van der Waals surface area contributed by atoms with E-state index in [1.54, 1.807) is 91.8 Å². The number of ether oxygens (including phenoxy) is 5. The molecule has 2 aliphatic heterocycles. The quantitative estimate of drug-likeness (QED) is 0.0210. The van der Waals surface area contributed by atoms with E-state index in [1.165, 1.54) is 10.9 Å². The molecule has 2 aliphatic rings. The van der Waals surface area contributed by atoms with Crippen molar-refractivity contribution in [2.75, 3.05) is 58.3 Å². The van der Waals surface area contributed by atoms with Gasteiger partial charge in [0.1, 0.15) is 47.8 Å². The minimum Gasteiger partial charge on any atom is -0.497 e. The number of amides is 2. The number of carbonyl (C=O) groups excluding carboxylic acids is 2. The lowest BCUT2D eigenvalue weighted by Gasteiger charge is -2.37. The molecule has 0 aliphatic carbocycles. The zero-order chi connectivity index (χ0) is 62.6. The van der Waals surface area contributed by atoms with Crippen molar-refractivity contribution in [3.63, 3.8) is 0 Å². The Morgan fingerprint density at radius 3 is 1.88 bits per heavy atom. The van der Waals surface area contributed by atoms with Crippen LogP contribution in [0.2, 0.25) is 0 Å². The molecule has 2 N–H and O–H groups in total. The van der Waals surface area contributed by atoms with Gasteiger partial charge in [0, 0.05) is 60.9 Å². The number of imidazole rings is 1. The van der Waals surface area contributed by atoms with E-state index < -0.39 is 56.5 Å². The summed E-state index contributed by atoms with van der Waals surface area (Å²) in [6, 6.07) is 45.3. The van der Waals surface area contributed by atoms with Crippen molar-refractivity contribution in [2.24, 2.45) is 5.92 Å². The van der Waals surface area contributed by atoms with E-state index in [2.05, 4.69) is 69.0 Å². The van der Waals surface area contributed by atoms with E-state index in [0.29, 0.717) is 58.7 Å². The summed E-state index contributed by atoms with van der Waals surface area (Å²) >= 11 is 0. The van der Waals surface area contributed by atoms with Crippen LogP contribution >= 0.6 is 8.53 Å². The summed E-state index contributed by atoms with van der Waals surface area (Å²) < 4.78 is 51.5. The molecule has 2 saturated heterocycles. The normalized spacial score (nSPS) is 18.8. The van der Waals surface area contributed by atoms with Crippen molar-refractivity contribution < 1.29 is 47.2 Å². The number of fused-ring (bicyclic) bond motifs is 1. The van der Waals surface area contributed by atoms with Gasteiger partial charge in [-0.2, -0.15) is 15.3 Å². The second-order valence-corrected chi connectivity index (χ2v) is 23.7. The topological polar surface area (TPSA) is 241 Å². The number of nitrogens with zero attached hydrogens (tertiary/aromatic N) is 9. The molecule has 10 rings (SSSR count). The summed E-state index contributed by atoms with van der Waals surface area (Å²) in [6.45, 7) is 10.6. The van der Waals surface area contributed by atoms with Crippen LogP contribution in [0, 0.1) is 24.2 Å². The molecule has 0 spiro atoms. The number of methoxy groups -OCH3 is 2. The third kappa shape index (κ3) is 14.7. The van der Waals surface area contributed by atoms with Gasteiger partial charge < -0.3 is 43.4 Å². The highest BCUT2D eigenvalue weighted by Crippen LogP contribution is 2.51. The SMILES string of the molecule is COc1ccc(C(OC[C@H]2O[C@@H](n3cc(C)c(NC(=O)c4ccccc4)nc3=O)C[C@@H]2CN(C)OC[C@H]2O[C@@H](n3cnc4c(NC(=O)c5ccccc5)ncnc43)C[C@@H]2OP(OCCC#N)N(C(C)C)C(C)C)(c2ccccc2)c2ccc(OC)cc2)cc1. The molecule has 23 heteroatoms. The molecule has 0 bridgehead atoms. The second-order valence-electron chi connectivity index (χ2n) is 22.3. The highest BCUT2D eigenvalue weighted by atomic mass is 31.2. The number of hydroxylamine groups is 2. The Labute approximate surface area is 518 Å². The number of hydrogen-bond donors (Lipinski definition) is 2. The number of nitriles is 1. The van der Waals surface area contributed by atoms with E-state index in [-0.39, 0.29) is 61.8 Å². The number of anilines is 2. The number of carbonyl (C=O) groups is 2. The first-order valence-corrected chi connectivity index (χ1v) is 30.7. The van der Waals surface area contributed by atoms with Gasteiger partial charge >= 0.3 is 5.69 Å². The van der Waals surface area contributed by atoms with Crippen LogP contribution in [0.4, 0.5) is 11.6 Å². The molecule has 0 saturated carbocycles. The zero-order valence-electron chi connectivity index (χ0n) is 51.0. The smallest absolute Gasteiger partial charge is 0.351 e. The van der Waals surface area contributed by atoms with Crippen LogP contribution in [0.1, 0.15) is 102 Å². The fourth-order valence-electron chi connectivity index (χ4n) is 11.3. The molecule has 89 heavy (non-hydrogen) atoms. The molecule has 464 valence electrons. The summed E-state index contributed by atoms with van der Waals surface area (Å²) in [5, 5.41) is 17.0. The average Bonchev–Trinajstić information content (AvgIpc) is 1.36. The Morgan fingerprint density at radius 1 is 0.730 bits per heavy atom. The first kappa shape index (κ1) is 63.7. The van der Waals surface area contributed by atoms with Gasteiger partial charge in [0.2, 0.25) is 0 Å². The molecule has 0 radical (unpaired) electrons. The average molecular weight is 1230 g/mol. The minimum absolute atomic E-state index is 0.0192. The number of benzene rings is 5. The number of hydrogen-bond acceptors (Lipinski definition) is 18. The molecule has 3 aromatic heterocycles. The van der Waals surface area contributed by atoms with Crippen molar-refractivity contribution in [3.8, 4) is 17.6 Å². The Bertz CT molecular complexity index is 3690. The van der Waals surface area contributed by atoms with Gasteiger partial charge in [-0.05, 0) is 106 Å². The highest BCUT2D eigenvalue weighted by molar-refractivity contribution is 7.44. The molecule has 8 aromatic rings. The number of aromatic nitrogens is 6. The number of nitrogens with one attached hydrogen (secondary N) is 2. The Morgan fingerprint density at radius 2 is 1.29 bits per heavy atom. The lowest BCUT2D eigenvalue weighted by Crippen LogP contribution is -2.40. The first-order valence-electron chi connectivity index (χ1n) is 29.6. The maximum absolute atomic E-state index is 14.2. The minimum atomic E-state index is -1.73. The fourth-order valence-corrected chi connectivity index (χ4v) is 13.1.